The number of aromatic nitrogens is 4. The quantitative estimate of drug-likeness (QED) is 0.723. The average Bonchev–Trinajstić information content (AvgIpc) is 3.00. The van der Waals surface area contributed by atoms with Gasteiger partial charge in [0.05, 0.1) is 24.7 Å². The van der Waals surface area contributed by atoms with Crippen molar-refractivity contribution in [1.29, 1.82) is 0 Å². The average molecular weight is 364 g/mol. The number of nitrogens with zero attached hydrogens (tertiary/aromatic N) is 4. The molecule has 3 rings (SSSR count). The van der Waals surface area contributed by atoms with Crippen LogP contribution in [0.5, 0.6) is 5.75 Å². The first kappa shape index (κ1) is 17.5. The van der Waals surface area contributed by atoms with Gasteiger partial charge in [-0.3, -0.25) is 4.68 Å². The summed E-state index contributed by atoms with van der Waals surface area (Å²) < 4.78 is 49.0. The van der Waals surface area contributed by atoms with Gasteiger partial charge in [0, 0.05) is 25.2 Å². The van der Waals surface area contributed by atoms with Crippen molar-refractivity contribution in [2.75, 3.05) is 18.2 Å². The highest BCUT2D eigenvalue weighted by Crippen LogP contribution is 2.27. The van der Waals surface area contributed by atoms with E-state index in [2.05, 4.69) is 20.4 Å². The number of halogens is 3. The number of anilines is 3. The van der Waals surface area contributed by atoms with Gasteiger partial charge >= 0.3 is 0 Å². The smallest absolute Gasteiger partial charge is 0.229 e. The summed E-state index contributed by atoms with van der Waals surface area (Å²) in [5, 5.41) is 6.77. The topological polar surface area (TPSA) is 90.9 Å². The molecule has 0 saturated carbocycles. The maximum absolute atomic E-state index is 14.3. The van der Waals surface area contributed by atoms with Crippen LogP contribution in [-0.2, 0) is 13.5 Å². The molecule has 0 radical (unpaired) electrons. The minimum absolute atomic E-state index is 0.0180. The summed E-state index contributed by atoms with van der Waals surface area (Å²) in [6.45, 7) is 0. The number of nitrogen functional groups attached to an aromatic ring is 1. The molecular formula is C16H15F3N6O. The van der Waals surface area contributed by atoms with Crippen molar-refractivity contribution in [3.8, 4) is 5.75 Å². The Morgan fingerprint density at radius 1 is 1.19 bits per heavy atom. The Morgan fingerprint density at radius 3 is 2.62 bits per heavy atom. The number of nitrogens with two attached hydrogens (primary N) is 1. The van der Waals surface area contributed by atoms with Crippen LogP contribution in [0.15, 0.2) is 24.5 Å². The SMILES string of the molecule is COc1ccc(F)c(Cc2nc(Nc3cnn(C)c3)nc(N)c2F)c1F. The first-order chi connectivity index (χ1) is 12.4. The van der Waals surface area contributed by atoms with E-state index in [1.807, 2.05) is 0 Å². The van der Waals surface area contributed by atoms with Gasteiger partial charge in [0.1, 0.15) is 5.82 Å². The van der Waals surface area contributed by atoms with Gasteiger partial charge in [-0.05, 0) is 12.1 Å². The van der Waals surface area contributed by atoms with E-state index in [-0.39, 0.29) is 23.0 Å². The highest BCUT2D eigenvalue weighted by Gasteiger charge is 2.20. The van der Waals surface area contributed by atoms with Crippen molar-refractivity contribution in [2.24, 2.45) is 7.05 Å². The highest BCUT2D eigenvalue weighted by molar-refractivity contribution is 5.53. The van der Waals surface area contributed by atoms with Crippen LogP contribution in [0.1, 0.15) is 11.3 Å². The van der Waals surface area contributed by atoms with Crippen LogP contribution in [0.4, 0.5) is 30.6 Å². The third-order valence-electron chi connectivity index (χ3n) is 3.62. The van der Waals surface area contributed by atoms with Crippen molar-refractivity contribution in [3.63, 3.8) is 0 Å². The number of methoxy groups -OCH3 is 1. The monoisotopic (exact) mass is 364 g/mol. The zero-order valence-electron chi connectivity index (χ0n) is 13.9. The highest BCUT2D eigenvalue weighted by atomic mass is 19.1. The lowest BCUT2D eigenvalue weighted by Gasteiger charge is -2.11. The number of hydrogen-bond donors (Lipinski definition) is 2. The number of hydrogen-bond acceptors (Lipinski definition) is 6. The molecule has 26 heavy (non-hydrogen) atoms. The zero-order valence-corrected chi connectivity index (χ0v) is 13.9. The maximum atomic E-state index is 14.3. The fourth-order valence-corrected chi connectivity index (χ4v) is 2.36. The van der Waals surface area contributed by atoms with Crippen molar-refractivity contribution in [2.45, 2.75) is 6.42 Å². The molecule has 0 saturated heterocycles. The fourth-order valence-electron chi connectivity index (χ4n) is 2.36. The molecule has 10 heteroatoms. The normalized spacial score (nSPS) is 10.8. The standard InChI is InChI=1S/C16H15F3N6O/c1-25-7-8(6-21-25)22-16-23-11(14(19)15(20)24-16)5-9-10(17)3-4-12(26-2)13(9)18/h3-4,6-7H,5H2,1-2H3,(H3,20,22,23,24). The lowest BCUT2D eigenvalue weighted by molar-refractivity contribution is 0.381. The maximum Gasteiger partial charge on any atom is 0.229 e. The lowest BCUT2D eigenvalue weighted by atomic mass is 10.1. The molecule has 1 aromatic carbocycles. The van der Waals surface area contributed by atoms with Crippen LogP contribution in [0.2, 0.25) is 0 Å². The van der Waals surface area contributed by atoms with Gasteiger partial charge < -0.3 is 15.8 Å². The van der Waals surface area contributed by atoms with E-state index in [1.165, 1.54) is 18.0 Å². The molecule has 2 heterocycles. The molecule has 3 N–H and O–H groups in total. The summed E-state index contributed by atoms with van der Waals surface area (Å²) in [6, 6.07) is 2.18. The van der Waals surface area contributed by atoms with E-state index in [0.29, 0.717) is 5.69 Å². The van der Waals surface area contributed by atoms with Gasteiger partial charge in [-0.15, -0.1) is 0 Å². The molecule has 0 amide bonds. The van der Waals surface area contributed by atoms with E-state index >= 15 is 0 Å². The van der Waals surface area contributed by atoms with Crippen LogP contribution >= 0.6 is 0 Å². The van der Waals surface area contributed by atoms with Gasteiger partial charge in [-0.2, -0.15) is 10.1 Å². The lowest BCUT2D eigenvalue weighted by Crippen LogP contribution is -2.10. The number of nitrogens with one attached hydrogen (secondary N) is 1. The Hall–Kier alpha value is -3.30. The second kappa shape index (κ2) is 6.90. The first-order valence-electron chi connectivity index (χ1n) is 7.47. The molecule has 0 aliphatic rings. The van der Waals surface area contributed by atoms with Crippen molar-refractivity contribution in [1.82, 2.24) is 19.7 Å². The predicted molar refractivity (Wildman–Crippen MR) is 88.6 cm³/mol. The van der Waals surface area contributed by atoms with Crippen molar-refractivity contribution < 1.29 is 17.9 Å². The van der Waals surface area contributed by atoms with Crippen molar-refractivity contribution >= 4 is 17.5 Å². The molecule has 3 aromatic rings. The van der Waals surface area contributed by atoms with Gasteiger partial charge in [-0.1, -0.05) is 0 Å². The van der Waals surface area contributed by atoms with Gasteiger partial charge in [-0.25, -0.2) is 18.2 Å². The molecule has 0 unspecified atom stereocenters. The summed E-state index contributed by atoms with van der Waals surface area (Å²) >= 11 is 0. The summed E-state index contributed by atoms with van der Waals surface area (Å²) in [5.74, 6) is -3.32. The number of ether oxygens (including phenoxy) is 1. The largest absolute Gasteiger partial charge is 0.494 e. The Balaban J connectivity index is 1.98. The molecule has 0 atom stereocenters. The third-order valence-corrected chi connectivity index (χ3v) is 3.62. The van der Waals surface area contributed by atoms with E-state index < -0.39 is 29.7 Å². The van der Waals surface area contributed by atoms with E-state index in [1.54, 1.807) is 13.2 Å². The second-order valence-corrected chi connectivity index (χ2v) is 5.44. The molecule has 7 nitrogen and oxygen atoms in total. The van der Waals surface area contributed by atoms with Gasteiger partial charge in [0.15, 0.2) is 23.2 Å². The molecule has 0 spiro atoms. The summed E-state index contributed by atoms with van der Waals surface area (Å²) in [5.41, 5.74) is 5.48. The summed E-state index contributed by atoms with van der Waals surface area (Å²) in [6.07, 6.45) is 2.68. The van der Waals surface area contributed by atoms with Crippen molar-refractivity contribution in [3.05, 3.63) is 53.2 Å². The predicted octanol–water partition coefficient (Wildman–Crippen LogP) is 2.55. The summed E-state index contributed by atoms with van der Waals surface area (Å²) in [7, 11) is 2.96. The Morgan fingerprint density at radius 2 is 1.96 bits per heavy atom. The second-order valence-electron chi connectivity index (χ2n) is 5.44. The van der Waals surface area contributed by atoms with Crippen LogP contribution in [0.3, 0.4) is 0 Å². The first-order valence-corrected chi connectivity index (χ1v) is 7.47. The Labute approximate surface area is 146 Å². The zero-order chi connectivity index (χ0) is 18.8. The van der Waals surface area contributed by atoms with E-state index in [0.717, 1.165) is 12.1 Å². The number of aryl methyl sites for hydroxylation is 1. The third kappa shape index (κ3) is 3.39. The molecule has 0 bridgehead atoms. The van der Waals surface area contributed by atoms with E-state index in [9.17, 15) is 13.2 Å². The van der Waals surface area contributed by atoms with Gasteiger partial charge in [0.2, 0.25) is 5.95 Å². The Kier molecular flexibility index (Phi) is 4.65. The number of rotatable bonds is 5. The molecule has 0 aliphatic carbocycles. The minimum atomic E-state index is -0.941. The fraction of sp³-hybridized carbons (Fsp3) is 0.188. The van der Waals surface area contributed by atoms with Crippen LogP contribution in [0, 0.1) is 17.5 Å². The summed E-state index contributed by atoms with van der Waals surface area (Å²) in [4.78, 5) is 7.77. The van der Waals surface area contributed by atoms with E-state index in [4.69, 9.17) is 10.5 Å². The number of benzene rings is 1. The van der Waals surface area contributed by atoms with Crippen LogP contribution in [-0.4, -0.2) is 26.9 Å². The molecule has 0 aliphatic heterocycles. The van der Waals surface area contributed by atoms with Crippen LogP contribution < -0.4 is 15.8 Å². The molecular weight excluding hydrogens is 349 g/mol. The molecule has 136 valence electrons. The minimum Gasteiger partial charge on any atom is -0.494 e. The molecule has 2 aromatic heterocycles. The molecule has 0 fully saturated rings. The van der Waals surface area contributed by atoms with Crippen LogP contribution in [0.25, 0.3) is 0 Å². The van der Waals surface area contributed by atoms with Gasteiger partial charge in [0.25, 0.3) is 0 Å². The Bertz CT molecular complexity index is 959.